The molecule has 0 saturated heterocycles. The van der Waals surface area contributed by atoms with Gasteiger partial charge in [0.1, 0.15) is 10.7 Å². The number of hydrogen-bond acceptors (Lipinski definition) is 5. The Kier molecular flexibility index (Phi) is 4.78. The molecule has 0 aromatic heterocycles. The fourth-order valence-electron chi connectivity index (χ4n) is 1.36. The zero-order valence-corrected chi connectivity index (χ0v) is 14.0. The van der Waals surface area contributed by atoms with E-state index in [-0.39, 0.29) is 9.88 Å². The van der Waals surface area contributed by atoms with E-state index >= 15 is 0 Å². The quantitative estimate of drug-likeness (QED) is 0.591. The maximum absolute atomic E-state index is 13.8. The topological polar surface area (TPSA) is 106 Å². The normalized spacial score (nSPS) is 13.1. The highest BCUT2D eigenvalue weighted by Crippen LogP contribution is 2.21. The average molecular weight is 354 g/mol. The second-order valence-corrected chi connectivity index (χ2v) is 9.07. The van der Waals surface area contributed by atoms with Gasteiger partial charge in [0.2, 0.25) is 10.0 Å². The Balaban J connectivity index is 3.42. The zero-order chi connectivity index (χ0) is 16.6. The first-order chi connectivity index (χ1) is 9.27. The summed E-state index contributed by atoms with van der Waals surface area (Å²) in [5.41, 5.74) is 4.12. The van der Waals surface area contributed by atoms with Gasteiger partial charge in [0.15, 0.2) is 9.84 Å². The third-order valence-electron chi connectivity index (χ3n) is 2.63. The molecular formula is C11H15FN2O4S3. The lowest BCUT2D eigenvalue weighted by molar-refractivity contribution is 0.531. The summed E-state index contributed by atoms with van der Waals surface area (Å²) in [6.07, 6.45) is 0.892. The van der Waals surface area contributed by atoms with E-state index in [2.05, 4.69) is 4.72 Å². The Bertz CT molecular complexity index is 786. The van der Waals surface area contributed by atoms with Crippen LogP contribution in [0.2, 0.25) is 0 Å². The number of rotatable bonds is 5. The Morgan fingerprint density at radius 2 is 1.81 bits per heavy atom. The third-order valence-corrected chi connectivity index (χ3v) is 5.92. The van der Waals surface area contributed by atoms with Crippen molar-refractivity contribution in [3.8, 4) is 0 Å². The molecule has 0 unspecified atom stereocenters. The standard InChI is InChI=1S/C11H15FN2O4S3/c1-11(2,10(13)19)14-21(17,18)9-6-7(20(3,15)16)4-5-8(9)12/h4-6,14H,1-3H3,(H2,13,19). The highest BCUT2D eigenvalue weighted by molar-refractivity contribution is 7.91. The van der Waals surface area contributed by atoms with Gasteiger partial charge in [0, 0.05) is 6.26 Å². The van der Waals surface area contributed by atoms with Crippen LogP contribution < -0.4 is 10.5 Å². The molecule has 0 heterocycles. The molecule has 118 valence electrons. The molecule has 0 radical (unpaired) electrons. The van der Waals surface area contributed by atoms with Gasteiger partial charge in [0.25, 0.3) is 0 Å². The molecule has 0 fully saturated rings. The second-order valence-electron chi connectivity index (χ2n) is 4.96. The van der Waals surface area contributed by atoms with Crippen molar-refractivity contribution in [3.05, 3.63) is 24.0 Å². The number of nitrogens with two attached hydrogens (primary N) is 1. The minimum Gasteiger partial charge on any atom is -0.392 e. The van der Waals surface area contributed by atoms with Gasteiger partial charge in [0.05, 0.1) is 15.4 Å². The molecule has 1 aromatic carbocycles. The molecule has 6 nitrogen and oxygen atoms in total. The van der Waals surface area contributed by atoms with Crippen molar-refractivity contribution in [1.29, 1.82) is 0 Å². The predicted molar refractivity (Wildman–Crippen MR) is 80.7 cm³/mol. The monoisotopic (exact) mass is 354 g/mol. The summed E-state index contributed by atoms with van der Waals surface area (Å²) in [6, 6.07) is 2.52. The predicted octanol–water partition coefficient (Wildman–Crippen LogP) is 0.572. The molecule has 21 heavy (non-hydrogen) atoms. The Morgan fingerprint density at radius 3 is 2.24 bits per heavy atom. The van der Waals surface area contributed by atoms with Crippen molar-refractivity contribution in [2.24, 2.45) is 5.73 Å². The third kappa shape index (κ3) is 4.19. The van der Waals surface area contributed by atoms with Crippen LogP contribution in [0, 0.1) is 5.82 Å². The molecule has 0 spiro atoms. The van der Waals surface area contributed by atoms with E-state index in [4.69, 9.17) is 18.0 Å². The first-order valence-electron chi connectivity index (χ1n) is 5.61. The molecule has 1 rings (SSSR count). The van der Waals surface area contributed by atoms with Crippen LogP contribution >= 0.6 is 12.2 Å². The maximum atomic E-state index is 13.8. The molecule has 0 saturated carbocycles. The summed E-state index contributed by atoms with van der Waals surface area (Å²) >= 11 is 4.73. The van der Waals surface area contributed by atoms with Gasteiger partial charge < -0.3 is 5.73 Å². The Labute approximate surface area is 128 Å². The van der Waals surface area contributed by atoms with Crippen molar-refractivity contribution < 1.29 is 21.2 Å². The van der Waals surface area contributed by atoms with Gasteiger partial charge in [-0.25, -0.2) is 21.2 Å². The van der Waals surface area contributed by atoms with Crippen molar-refractivity contribution in [3.63, 3.8) is 0 Å². The summed E-state index contributed by atoms with van der Waals surface area (Å²) in [6.45, 7) is 2.82. The minimum absolute atomic E-state index is 0.134. The lowest BCUT2D eigenvalue weighted by Crippen LogP contribution is -2.52. The van der Waals surface area contributed by atoms with E-state index in [0.717, 1.165) is 24.5 Å². The molecule has 1 aromatic rings. The van der Waals surface area contributed by atoms with Gasteiger partial charge >= 0.3 is 0 Å². The van der Waals surface area contributed by atoms with Crippen LogP contribution in [0.25, 0.3) is 0 Å². The molecule has 10 heteroatoms. The van der Waals surface area contributed by atoms with Crippen LogP contribution in [0.3, 0.4) is 0 Å². The van der Waals surface area contributed by atoms with E-state index in [1.807, 2.05) is 0 Å². The number of sulfone groups is 1. The first-order valence-corrected chi connectivity index (χ1v) is 9.39. The van der Waals surface area contributed by atoms with Crippen LogP contribution in [0.15, 0.2) is 28.0 Å². The highest BCUT2D eigenvalue weighted by atomic mass is 32.2. The van der Waals surface area contributed by atoms with Crippen molar-refractivity contribution >= 4 is 37.1 Å². The number of thiocarbonyl (C=S) groups is 1. The molecule has 0 aliphatic rings. The first kappa shape index (κ1) is 18.0. The average Bonchev–Trinajstić information content (AvgIpc) is 2.25. The highest BCUT2D eigenvalue weighted by Gasteiger charge is 2.31. The van der Waals surface area contributed by atoms with Crippen LogP contribution in [0.1, 0.15) is 13.8 Å². The van der Waals surface area contributed by atoms with E-state index in [1.165, 1.54) is 13.8 Å². The Hall–Kier alpha value is -1.10. The number of nitrogens with one attached hydrogen (secondary N) is 1. The van der Waals surface area contributed by atoms with Crippen LogP contribution in [0.5, 0.6) is 0 Å². The number of hydrogen-bond donors (Lipinski definition) is 2. The Morgan fingerprint density at radius 1 is 1.29 bits per heavy atom. The van der Waals surface area contributed by atoms with Crippen LogP contribution in [-0.4, -0.2) is 33.6 Å². The van der Waals surface area contributed by atoms with E-state index in [9.17, 15) is 21.2 Å². The largest absolute Gasteiger partial charge is 0.392 e. The van der Waals surface area contributed by atoms with Gasteiger partial charge in [-0.2, -0.15) is 4.72 Å². The van der Waals surface area contributed by atoms with Crippen LogP contribution in [-0.2, 0) is 19.9 Å². The van der Waals surface area contributed by atoms with Gasteiger partial charge in [-0.05, 0) is 32.0 Å². The van der Waals surface area contributed by atoms with Gasteiger partial charge in [-0.15, -0.1) is 0 Å². The van der Waals surface area contributed by atoms with Crippen molar-refractivity contribution in [1.82, 2.24) is 4.72 Å². The van der Waals surface area contributed by atoms with Crippen molar-refractivity contribution in [2.75, 3.05) is 6.26 Å². The fraction of sp³-hybridized carbons (Fsp3) is 0.364. The smallest absolute Gasteiger partial charge is 0.244 e. The fourth-order valence-corrected chi connectivity index (χ4v) is 3.70. The van der Waals surface area contributed by atoms with E-state index in [1.54, 1.807) is 0 Å². The molecule has 0 atom stereocenters. The number of halogens is 1. The lowest BCUT2D eigenvalue weighted by atomic mass is 10.1. The van der Waals surface area contributed by atoms with Crippen molar-refractivity contribution in [2.45, 2.75) is 29.2 Å². The SMILES string of the molecule is CC(C)(NS(=O)(=O)c1cc(S(C)(=O)=O)ccc1F)C(N)=S. The van der Waals surface area contributed by atoms with E-state index < -0.39 is 36.1 Å². The van der Waals surface area contributed by atoms with Gasteiger partial charge in [-0.1, -0.05) is 12.2 Å². The molecule has 0 bridgehead atoms. The maximum Gasteiger partial charge on any atom is 0.244 e. The van der Waals surface area contributed by atoms with Gasteiger partial charge in [-0.3, -0.25) is 0 Å². The summed E-state index contributed by atoms with van der Waals surface area (Å²) in [4.78, 5) is -1.22. The van der Waals surface area contributed by atoms with E-state index in [0.29, 0.717) is 0 Å². The lowest BCUT2D eigenvalue weighted by Gasteiger charge is -2.24. The molecular weight excluding hydrogens is 339 g/mol. The summed E-state index contributed by atoms with van der Waals surface area (Å²) in [7, 11) is -8.01. The number of benzene rings is 1. The summed E-state index contributed by atoms with van der Waals surface area (Å²) < 4.78 is 63.1. The molecule has 0 aliphatic heterocycles. The second kappa shape index (κ2) is 5.59. The van der Waals surface area contributed by atoms with Crippen LogP contribution in [0.4, 0.5) is 4.39 Å². The molecule has 0 amide bonds. The summed E-state index contributed by atoms with van der Waals surface area (Å²) in [5.74, 6) is -1.08. The zero-order valence-electron chi connectivity index (χ0n) is 11.5. The number of sulfonamides is 1. The molecule has 3 N–H and O–H groups in total. The summed E-state index contributed by atoms with van der Waals surface area (Å²) in [5, 5.41) is 0. The molecule has 0 aliphatic carbocycles. The minimum atomic E-state index is -4.33.